The Morgan fingerprint density at radius 3 is 1.25 bits per heavy atom. The van der Waals surface area contributed by atoms with Crippen LogP contribution in [0, 0.1) is 47.5 Å². The zero-order chi connectivity index (χ0) is 54.8. The van der Waals surface area contributed by atoms with Crippen molar-refractivity contribution in [3.63, 3.8) is 0 Å². The molecule has 6 aromatic heterocycles. The van der Waals surface area contributed by atoms with Crippen molar-refractivity contribution in [1.82, 2.24) is 40.1 Å². The number of alkyl halides is 1. The van der Waals surface area contributed by atoms with Crippen molar-refractivity contribution in [2.75, 3.05) is 19.0 Å². The molecule has 77 heavy (non-hydrogen) atoms. The van der Waals surface area contributed by atoms with E-state index in [1.165, 1.54) is 44.2 Å². The first-order valence-corrected chi connectivity index (χ1v) is 31.0. The number of halogens is 2. The Labute approximate surface area is 490 Å². The second-order valence-electron chi connectivity index (χ2n) is 22.0. The molecule has 20 heteroatoms. The third-order valence-corrected chi connectivity index (χ3v) is 17.6. The first-order chi connectivity index (χ1) is 35.6. The van der Waals surface area contributed by atoms with Crippen molar-refractivity contribution in [3.8, 4) is 17.6 Å². The van der Waals surface area contributed by atoms with Gasteiger partial charge in [-0.2, -0.15) is 0 Å². The smallest absolute Gasteiger partial charge is 0.410 e. The molecule has 0 aromatic carbocycles. The van der Waals surface area contributed by atoms with Crippen molar-refractivity contribution < 1.29 is 33.3 Å². The molecule has 0 radical (unpaired) electrons. The van der Waals surface area contributed by atoms with Gasteiger partial charge in [-0.25, -0.2) is 34.7 Å². The lowest BCUT2D eigenvalue weighted by atomic mass is 9.85. The largest absolute Gasteiger partial charge is 0.474 e. The summed E-state index contributed by atoms with van der Waals surface area (Å²) in [4.78, 5) is 61.0. The number of carbonyl (C=O) groups is 2. The summed E-state index contributed by atoms with van der Waals surface area (Å²) in [5, 5.41) is 6.54. The van der Waals surface area contributed by atoms with Crippen molar-refractivity contribution in [1.29, 1.82) is 0 Å². The van der Waals surface area contributed by atoms with Gasteiger partial charge in [-0.15, -0.1) is 46.4 Å². The van der Waals surface area contributed by atoms with E-state index in [1.807, 2.05) is 60.6 Å². The molecule has 0 atom stereocenters. The van der Waals surface area contributed by atoms with Crippen LogP contribution in [0.25, 0.3) is 30.6 Å². The predicted octanol–water partition coefficient (Wildman–Crippen LogP) is 15.2. The molecule has 428 valence electrons. The van der Waals surface area contributed by atoms with Crippen molar-refractivity contribution >= 4 is 112 Å². The second kappa shape index (κ2) is 29.6. The standard InChI is InChI=1S/C20H29N3O3S.C20H28N2O3S.C15H21N3OS.CH3I.CH4.ClH/c1-12-13(2)27-18-16(12)17(21-11-22-18)25-15-9-7-14(8-10-15)23(6)19(24)26-20(3,4)5;1-12-13(2)26-19-17(12)18(21-11-22-19)24-15-8-6-14(7-9-15)10-16(23)25-20(3,4)5;1-9-10(2)20-15-13(9)14(17-8-18-15)19-12-6-4-11(16-3)5-7-12;1-2;;/h11,14-15H,7-10H2,1-6H3;11,14-15H,6-10H2,1-5H3;8,11-12,16H,4-7H2,1-3H3;1H3;1H4;1H. The Balaban J connectivity index is 0.000000245. The molecule has 15 nitrogen and oxygen atoms in total. The Kier molecular flexibility index (Phi) is 25.3. The summed E-state index contributed by atoms with van der Waals surface area (Å²) in [7, 11) is 3.86. The molecule has 3 aliphatic rings. The maximum Gasteiger partial charge on any atom is 0.410 e. The van der Waals surface area contributed by atoms with E-state index in [9.17, 15) is 9.59 Å². The molecular weight excluding hydrogens is 1170 g/mol. The number of amides is 1. The van der Waals surface area contributed by atoms with E-state index < -0.39 is 11.2 Å². The van der Waals surface area contributed by atoms with Crippen LogP contribution >= 0.6 is 69.0 Å². The summed E-state index contributed by atoms with van der Waals surface area (Å²) in [6.07, 6.45) is 17.6. The highest BCUT2D eigenvalue weighted by molar-refractivity contribution is 14.1. The number of aromatic nitrogens is 6. The monoisotopic (exact) mass is 1250 g/mol. The van der Waals surface area contributed by atoms with Crippen molar-refractivity contribution in [2.24, 2.45) is 5.92 Å². The Morgan fingerprint density at radius 1 is 0.571 bits per heavy atom. The molecule has 0 bridgehead atoms. The number of esters is 1. The SMILES string of the molecule is C.CI.CNC1CCC(Oc2ncnc3sc(C)c(C)c23)CC1.Cc1sc2ncnc(OC3CCC(CC(=O)OC(C)(C)C)CC3)c2c1C.Cc1sc2ncnc(OC3CCC(N(C)C(=O)OC(C)(C)C)CC3)c2c1C.Cl. The fourth-order valence-electron chi connectivity index (χ4n) is 9.77. The molecule has 6 aromatic rings. The zero-order valence-corrected chi connectivity index (χ0v) is 52.8. The number of aryl methyl sites for hydroxylation is 6. The summed E-state index contributed by atoms with van der Waals surface area (Å²) in [6.45, 7) is 24.0. The summed E-state index contributed by atoms with van der Waals surface area (Å²) in [5.41, 5.74) is 2.78. The number of fused-ring (bicyclic) bond motifs is 3. The fraction of sp³-hybridized carbons (Fsp3) is 0.649. The summed E-state index contributed by atoms with van der Waals surface area (Å²) >= 11 is 7.23. The average molecular weight is 1250 g/mol. The molecule has 3 aliphatic carbocycles. The number of ether oxygens (including phenoxy) is 5. The molecule has 1 amide bonds. The molecule has 6 heterocycles. The summed E-state index contributed by atoms with van der Waals surface area (Å²) in [6, 6.07) is 0.834. The third kappa shape index (κ3) is 18.1. The molecular formula is C57H86ClIN8O7S3. The van der Waals surface area contributed by atoms with Crippen LogP contribution in [0.5, 0.6) is 17.6 Å². The van der Waals surface area contributed by atoms with Crippen LogP contribution in [0.2, 0.25) is 0 Å². The lowest BCUT2D eigenvalue weighted by Crippen LogP contribution is -2.43. The molecule has 3 fully saturated rings. The minimum atomic E-state index is -0.472. The highest BCUT2D eigenvalue weighted by Gasteiger charge is 2.32. The van der Waals surface area contributed by atoms with Gasteiger partial charge in [-0.3, -0.25) is 4.79 Å². The Bertz CT molecular complexity index is 2820. The Hall–Kier alpha value is -3.76. The maximum atomic E-state index is 12.3. The van der Waals surface area contributed by atoms with E-state index in [0.29, 0.717) is 30.1 Å². The zero-order valence-electron chi connectivity index (χ0n) is 47.4. The van der Waals surface area contributed by atoms with Crippen LogP contribution < -0.4 is 19.5 Å². The van der Waals surface area contributed by atoms with Gasteiger partial charge >= 0.3 is 12.1 Å². The van der Waals surface area contributed by atoms with Gasteiger partial charge in [0, 0.05) is 40.2 Å². The normalized spacial score (nSPS) is 20.4. The number of nitrogens with zero attached hydrogens (tertiary/aromatic N) is 7. The minimum Gasteiger partial charge on any atom is -0.474 e. The number of hydrogen-bond acceptors (Lipinski definition) is 17. The minimum absolute atomic E-state index is 0. The van der Waals surface area contributed by atoms with E-state index in [-0.39, 0.29) is 56.2 Å². The van der Waals surface area contributed by atoms with Gasteiger partial charge in [-0.05, 0) is 195 Å². The molecule has 0 unspecified atom stereocenters. The number of carbonyl (C=O) groups excluding carboxylic acids is 2. The Morgan fingerprint density at radius 2 is 0.909 bits per heavy atom. The van der Waals surface area contributed by atoms with Gasteiger partial charge in [-0.1, -0.05) is 30.0 Å². The third-order valence-electron chi connectivity index (χ3n) is 14.3. The highest BCUT2D eigenvalue weighted by atomic mass is 127. The lowest BCUT2D eigenvalue weighted by molar-refractivity contribution is -0.156. The van der Waals surface area contributed by atoms with Crippen LogP contribution in [-0.4, -0.2) is 107 Å². The van der Waals surface area contributed by atoms with Gasteiger partial charge < -0.3 is 33.9 Å². The quantitative estimate of drug-likeness (QED) is 0.0780. The van der Waals surface area contributed by atoms with Gasteiger partial charge in [0.2, 0.25) is 17.6 Å². The van der Waals surface area contributed by atoms with Crippen LogP contribution in [-0.2, 0) is 14.3 Å². The van der Waals surface area contributed by atoms with Crippen molar-refractivity contribution in [2.45, 2.75) is 216 Å². The number of rotatable bonds is 10. The predicted molar refractivity (Wildman–Crippen MR) is 328 cm³/mol. The fourth-order valence-corrected chi connectivity index (χ4v) is 12.7. The molecule has 0 aliphatic heterocycles. The van der Waals surface area contributed by atoms with Crippen LogP contribution in [0.15, 0.2) is 19.0 Å². The first kappa shape index (κ1) is 65.8. The van der Waals surface area contributed by atoms with E-state index >= 15 is 0 Å². The summed E-state index contributed by atoms with van der Waals surface area (Å²) in [5.74, 6) is 2.45. The molecule has 0 spiro atoms. The number of thiophene rings is 3. The van der Waals surface area contributed by atoms with Gasteiger partial charge in [0.05, 0.1) is 16.2 Å². The van der Waals surface area contributed by atoms with Crippen molar-refractivity contribution in [3.05, 3.63) is 50.3 Å². The highest BCUT2D eigenvalue weighted by Crippen LogP contribution is 2.39. The van der Waals surface area contributed by atoms with Gasteiger partial charge in [0.15, 0.2) is 0 Å². The first-order valence-electron chi connectivity index (χ1n) is 26.4. The molecule has 9 rings (SSSR count). The molecule has 3 saturated carbocycles. The van der Waals surface area contributed by atoms with E-state index in [0.717, 1.165) is 101 Å². The van der Waals surface area contributed by atoms with Crippen LogP contribution in [0.4, 0.5) is 4.79 Å². The summed E-state index contributed by atoms with van der Waals surface area (Å²) < 4.78 is 29.6. The van der Waals surface area contributed by atoms with Crippen LogP contribution in [0.3, 0.4) is 0 Å². The average Bonchev–Trinajstić information content (AvgIpc) is 3.98. The van der Waals surface area contributed by atoms with E-state index in [2.05, 4.69) is 99.4 Å². The number of nitrogens with one attached hydrogen (secondary N) is 1. The molecule has 0 saturated heterocycles. The second-order valence-corrected chi connectivity index (χ2v) is 25.6. The van der Waals surface area contributed by atoms with Gasteiger partial charge in [0.1, 0.15) is 63.0 Å². The van der Waals surface area contributed by atoms with Crippen LogP contribution in [0.1, 0.15) is 164 Å². The van der Waals surface area contributed by atoms with E-state index in [4.69, 9.17) is 23.7 Å². The van der Waals surface area contributed by atoms with E-state index in [1.54, 1.807) is 57.9 Å². The maximum absolute atomic E-state index is 12.3. The topological polar surface area (TPSA) is 173 Å². The number of hydrogen-bond donors (Lipinski definition) is 1. The molecule has 1 N–H and O–H groups in total. The van der Waals surface area contributed by atoms with Gasteiger partial charge in [0.25, 0.3) is 0 Å². The lowest BCUT2D eigenvalue weighted by Gasteiger charge is -2.35.